The first-order valence-corrected chi connectivity index (χ1v) is 4.76. The average molecular weight is 197 g/mol. The van der Waals surface area contributed by atoms with Crippen molar-refractivity contribution in [1.29, 1.82) is 0 Å². The fourth-order valence-corrected chi connectivity index (χ4v) is 2.10. The Morgan fingerprint density at radius 3 is 2.50 bits per heavy atom. The highest BCUT2D eigenvalue weighted by atomic mass is 19.1. The molecular weight excluding hydrogens is 184 g/mol. The lowest BCUT2D eigenvalue weighted by molar-refractivity contribution is 0.0689. The molecule has 0 radical (unpaired) electrons. The molecule has 0 amide bonds. The summed E-state index contributed by atoms with van der Waals surface area (Å²) in [6.07, 6.45) is -0.0726. The summed E-state index contributed by atoms with van der Waals surface area (Å²) in [4.78, 5) is 0. The van der Waals surface area contributed by atoms with E-state index in [4.69, 9.17) is 0 Å². The average Bonchev–Trinajstić information content (AvgIpc) is 2.14. The third-order valence-corrected chi connectivity index (χ3v) is 3.01. The van der Waals surface area contributed by atoms with Gasteiger partial charge in [-0.25, -0.2) is 8.78 Å². The Hall–Kier alpha value is -0.960. The number of hydrogen-bond donors (Lipinski definition) is 1. The Balaban J connectivity index is 2.34. The van der Waals surface area contributed by atoms with E-state index in [1.54, 1.807) is 25.2 Å². The quantitative estimate of drug-likeness (QED) is 0.767. The van der Waals surface area contributed by atoms with Gasteiger partial charge in [0.1, 0.15) is 12.0 Å². The van der Waals surface area contributed by atoms with Gasteiger partial charge in [0.2, 0.25) is 0 Å². The lowest BCUT2D eigenvalue weighted by Crippen LogP contribution is -2.52. The Morgan fingerprint density at radius 2 is 2.00 bits per heavy atom. The van der Waals surface area contributed by atoms with Crippen molar-refractivity contribution in [2.24, 2.45) is 0 Å². The van der Waals surface area contributed by atoms with E-state index in [9.17, 15) is 8.78 Å². The van der Waals surface area contributed by atoms with E-state index in [0.29, 0.717) is 18.4 Å². The molecule has 76 valence electrons. The first kappa shape index (κ1) is 9.59. The highest BCUT2D eigenvalue weighted by molar-refractivity contribution is 5.29. The predicted octanol–water partition coefficient (Wildman–Crippen LogP) is 2.37. The van der Waals surface area contributed by atoms with Gasteiger partial charge >= 0.3 is 0 Å². The molecular formula is C11H13F2N. The van der Waals surface area contributed by atoms with Gasteiger partial charge in [-0.15, -0.1) is 0 Å². The molecule has 2 rings (SSSR count). The summed E-state index contributed by atoms with van der Waals surface area (Å²) in [6, 6.07) is 6.56. The molecule has 1 saturated carbocycles. The van der Waals surface area contributed by atoms with Gasteiger partial charge in [-0.3, -0.25) is 0 Å². The van der Waals surface area contributed by atoms with Crippen molar-refractivity contribution < 1.29 is 8.78 Å². The van der Waals surface area contributed by atoms with Crippen LogP contribution in [0.15, 0.2) is 24.3 Å². The SMILES string of the molecule is CNC1(c2ccccc2F)CC(F)C1. The maximum atomic E-state index is 13.5. The van der Waals surface area contributed by atoms with Crippen molar-refractivity contribution in [2.75, 3.05) is 7.05 Å². The summed E-state index contributed by atoms with van der Waals surface area (Å²) in [5.41, 5.74) is 0.0986. The predicted molar refractivity (Wildman–Crippen MR) is 51.3 cm³/mol. The van der Waals surface area contributed by atoms with Gasteiger partial charge in [-0.05, 0) is 13.1 Å². The summed E-state index contributed by atoms with van der Waals surface area (Å²) in [5, 5.41) is 3.02. The van der Waals surface area contributed by atoms with Gasteiger partial charge in [0.05, 0.1) is 5.54 Å². The largest absolute Gasteiger partial charge is 0.310 e. The molecule has 0 unspecified atom stereocenters. The van der Waals surface area contributed by atoms with E-state index in [1.165, 1.54) is 6.07 Å². The summed E-state index contributed by atoms with van der Waals surface area (Å²) in [6.45, 7) is 0. The molecule has 1 aromatic carbocycles. The van der Waals surface area contributed by atoms with Crippen LogP contribution in [0.2, 0.25) is 0 Å². The molecule has 1 N–H and O–H groups in total. The summed E-state index contributed by atoms with van der Waals surface area (Å²) >= 11 is 0. The van der Waals surface area contributed by atoms with E-state index in [2.05, 4.69) is 5.32 Å². The molecule has 1 aliphatic rings. The Kier molecular flexibility index (Phi) is 2.27. The van der Waals surface area contributed by atoms with Crippen LogP contribution in [-0.2, 0) is 5.54 Å². The van der Waals surface area contributed by atoms with Crippen LogP contribution in [0.1, 0.15) is 18.4 Å². The molecule has 3 heteroatoms. The lowest BCUT2D eigenvalue weighted by atomic mass is 9.70. The normalized spacial score (nSPS) is 31.2. The molecule has 1 fully saturated rings. The maximum Gasteiger partial charge on any atom is 0.128 e. The highest BCUT2D eigenvalue weighted by Gasteiger charge is 2.46. The number of alkyl halides is 1. The molecule has 0 saturated heterocycles. The molecule has 0 atom stereocenters. The van der Waals surface area contributed by atoms with Crippen LogP contribution in [0.25, 0.3) is 0 Å². The molecule has 1 nitrogen and oxygen atoms in total. The fourth-order valence-electron chi connectivity index (χ4n) is 2.10. The van der Waals surface area contributed by atoms with Crippen molar-refractivity contribution in [3.63, 3.8) is 0 Å². The number of benzene rings is 1. The monoisotopic (exact) mass is 197 g/mol. The van der Waals surface area contributed by atoms with E-state index < -0.39 is 11.7 Å². The van der Waals surface area contributed by atoms with Crippen molar-refractivity contribution in [3.05, 3.63) is 35.6 Å². The second-order valence-electron chi connectivity index (χ2n) is 3.82. The van der Waals surface area contributed by atoms with Crippen molar-refractivity contribution >= 4 is 0 Å². The van der Waals surface area contributed by atoms with Crippen LogP contribution in [0, 0.1) is 5.82 Å². The minimum absolute atomic E-state index is 0.256. The van der Waals surface area contributed by atoms with Gasteiger partial charge in [-0.1, -0.05) is 18.2 Å². The van der Waals surface area contributed by atoms with Crippen LogP contribution < -0.4 is 5.32 Å². The minimum Gasteiger partial charge on any atom is -0.310 e. The zero-order valence-corrected chi connectivity index (χ0v) is 8.06. The van der Waals surface area contributed by atoms with Crippen molar-refractivity contribution in [2.45, 2.75) is 24.6 Å². The van der Waals surface area contributed by atoms with Crippen LogP contribution in [0.4, 0.5) is 8.78 Å². The second kappa shape index (κ2) is 3.31. The summed E-state index contributed by atoms with van der Waals surface area (Å²) in [7, 11) is 1.75. The number of rotatable bonds is 2. The molecule has 14 heavy (non-hydrogen) atoms. The molecule has 0 bridgehead atoms. The highest BCUT2D eigenvalue weighted by Crippen LogP contribution is 2.43. The van der Waals surface area contributed by atoms with Crippen molar-refractivity contribution in [1.82, 2.24) is 5.32 Å². The van der Waals surface area contributed by atoms with E-state index in [1.807, 2.05) is 0 Å². The Bertz CT molecular complexity index is 332. The number of halogens is 2. The second-order valence-corrected chi connectivity index (χ2v) is 3.82. The van der Waals surface area contributed by atoms with Gasteiger partial charge in [-0.2, -0.15) is 0 Å². The van der Waals surface area contributed by atoms with Crippen LogP contribution in [0.3, 0.4) is 0 Å². The summed E-state index contributed by atoms with van der Waals surface area (Å²) in [5.74, 6) is -0.256. The zero-order chi connectivity index (χ0) is 10.2. The molecule has 0 aromatic heterocycles. The van der Waals surface area contributed by atoms with E-state index in [0.717, 1.165) is 0 Å². The lowest BCUT2D eigenvalue weighted by Gasteiger charge is -2.44. The molecule has 1 aliphatic carbocycles. The number of nitrogens with one attached hydrogen (secondary N) is 1. The molecule has 1 aromatic rings. The molecule has 0 spiro atoms. The zero-order valence-electron chi connectivity index (χ0n) is 8.06. The van der Waals surface area contributed by atoms with Gasteiger partial charge in [0, 0.05) is 18.4 Å². The smallest absolute Gasteiger partial charge is 0.128 e. The molecule has 0 aliphatic heterocycles. The first-order chi connectivity index (χ1) is 6.68. The third kappa shape index (κ3) is 1.32. The van der Waals surface area contributed by atoms with Crippen molar-refractivity contribution in [3.8, 4) is 0 Å². The van der Waals surface area contributed by atoms with Gasteiger partial charge < -0.3 is 5.32 Å². The molecule has 0 heterocycles. The number of hydrogen-bond acceptors (Lipinski definition) is 1. The minimum atomic E-state index is -0.804. The Labute approximate surface area is 82.1 Å². The van der Waals surface area contributed by atoms with Crippen LogP contribution >= 0.6 is 0 Å². The third-order valence-electron chi connectivity index (χ3n) is 3.01. The van der Waals surface area contributed by atoms with E-state index >= 15 is 0 Å². The van der Waals surface area contributed by atoms with Crippen LogP contribution in [-0.4, -0.2) is 13.2 Å². The topological polar surface area (TPSA) is 12.0 Å². The Morgan fingerprint density at radius 1 is 1.36 bits per heavy atom. The van der Waals surface area contributed by atoms with E-state index in [-0.39, 0.29) is 5.82 Å². The summed E-state index contributed by atoms with van der Waals surface area (Å²) < 4.78 is 26.3. The first-order valence-electron chi connectivity index (χ1n) is 4.76. The maximum absolute atomic E-state index is 13.5. The van der Waals surface area contributed by atoms with Gasteiger partial charge in [0.25, 0.3) is 0 Å². The van der Waals surface area contributed by atoms with Gasteiger partial charge in [0.15, 0.2) is 0 Å². The fraction of sp³-hybridized carbons (Fsp3) is 0.455. The standard InChI is InChI=1S/C11H13F2N/c1-14-11(6-8(12)7-11)9-4-2-3-5-10(9)13/h2-5,8,14H,6-7H2,1H3. The van der Waals surface area contributed by atoms with Crippen LogP contribution in [0.5, 0.6) is 0 Å².